The van der Waals surface area contributed by atoms with Crippen molar-refractivity contribution in [2.75, 3.05) is 7.11 Å². The van der Waals surface area contributed by atoms with Crippen LogP contribution >= 0.6 is 0 Å². The summed E-state index contributed by atoms with van der Waals surface area (Å²) < 4.78 is 23.7. The van der Waals surface area contributed by atoms with Crippen molar-refractivity contribution in [2.45, 2.75) is 6.04 Å². The summed E-state index contributed by atoms with van der Waals surface area (Å²) in [6.45, 7) is 0. The number of methoxy groups -OCH3 is 1. The van der Waals surface area contributed by atoms with Crippen molar-refractivity contribution in [1.29, 1.82) is 0 Å². The molecule has 1 aliphatic heterocycles. The fraction of sp³-hybridized carbons (Fsp3) is 0.105. The molecule has 0 saturated heterocycles. The van der Waals surface area contributed by atoms with Gasteiger partial charge in [0.05, 0.1) is 29.7 Å². The number of hydrogen-bond donors (Lipinski definition) is 1. The minimum Gasteiger partial charge on any atom is -0.465 e. The number of fused-ring (bicyclic) bond motifs is 2. The maximum atomic E-state index is 13.5. The van der Waals surface area contributed by atoms with Gasteiger partial charge in [0, 0.05) is 0 Å². The summed E-state index contributed by atoms with van der Waals surface area (Å²) in [5.41, 5.74) is 0.730. The van der Waals surface area contributed by atoms with E-state index in [2.05, 4.69) is 10.1 Å². The number of hydrogen-bond acceptors (Lipinski definition) is 5. The molecular formula is C19H12FNO5. The Morgan fingerprint density at radius 2 is 1.88 bits per heavy atom. The monoisotopic (exact) mass is 353 g/mol. The largest absolute Gasteiger partial charge is 0.465 e. The molecule has 2 heterocycles. The summed E-state index contributed by atoms with van der Waals surface area (Å²) in [7, 11) is 1.28. The molecule has 1 unspecified atom stereocenters. The van der Waals surface area contributed by atoms with E-state index in [1.54, 1.807) is 12.1 Å². The van der Waals surface area contributed by atoms with Gasteiger partial charge in [-0.25, -0.2) is 9.18 Å². The Bertz CT molecular complexity index is 1120. The van der Waals surface area contributed by atoms with Crippen LogP contribution in [0.15, 0.2) is 51.7 Å². The Hall–Kier alpha value is -3.48. The van der Waals surface area contributed by atoms with Crippen molar-refractivity contribution >= 4 is 22.8 Å². The molecule has 6 nitrogen and oxygen atoms in total. The second kappa shape index (κ2) is 5.80. The Kier molecular flexibility index (Phi) is 3.57. The Labute approximate surface area is 146 Å². The van der Waals surface area contributed by atoms with E-state index in [0.717, 1.165) is 12.1 Å². The third-order valence-electron chi connectivity index (χ3n) is 4.32. The zero-order valence-corrected chi connectivity index (χ0v) is 13.5. The van der Waals surface area contributed by atoms with E-state index in [4.69, 9.17) is 4.42 Å². The van der Waals surface area contributed by atoms with Crippen LogP contribution in [0.5, 0.6) is 0 Å². The zero-order valence-electron chi connectivity index (χ0n) is 13.5. The molecule has 1 amide bonds. The van der Waals surface area contributed by atoms with Gasteiger partial charge in [-0.3, -0.25) is 9.59 Å². The standard InChI is InChI=1S/C19H12FNO5/c1-25-19(24)10-4-2-9(3-5-10)15-14-16(22)12-8-11(20)6-7-13(12)26-17(14)18(23)21-15/h2-8,15H,1H3,(H,21,23). The number of amides is 1. The van der Waals surface area contributed by atoms with E-state index in [9.17, 15) is 18.8 Å². The second-order valence-electron chi connectivity index (χ2n) is 5.83. The number of esters is 1. The van der Waals surface area contributed by atoms with Crippen molar-refractivity contribution < 1.29 is 23.1 Å². The molecule has 3 aromatic rings. The van der Waals surface area contributed by atoms with Crippen molar-refractivity contribution in [1.82, 2.24) is 5.32 Å². The van der Waals surface area contributed by atoms with Gasteiger partial charge < -0.3 is 14.5 Å². The predicted octanol–water partition coefficient (Wildman–Crippen LogP) is 2.55. The third-order valence-corrected chi connectivity index (χ3v) is 4.32. The molecule has 1 aliphatic rings. The van der Waals surface area contributed by atoms with E-state index in [1.165, 1.54) is 25.3 Å². The summed E-state index contributed by atoms with van der Waals surface area (Å²) in [6.07, 6.45) is 0. The van der Waals surface area contributed by atoms with Gasteiger partial charge >= 0.3 is 5.97 Å². The number of nitrogens with one attached hydrogen (secondary N) is 1. The Morgan fingerprint density at radius 1 is 1.15 bits per heavy atom. The van der Waals surface area contributed by atoms with Gasteiger partial charge in [0.1, 0.15) is 11.4 Å². The van der Waals surface area contributed by atoms with Gasteiger partial charge in [-0.2, -0.15) is 0 Å². The molecular weight excluding hydrogens is 341 g/mol. The summed E-state index contributed by atoms with van der Waals surface area (Å²) in [4.78, 5) is 36.6. The first-order valence-corrected chi connectivity index (χ1v) is 7.75. The van der Waals surface area contributed by atoms with Gasteiger partial charge in [0.25, 0.3) is 5.91 Å². The average Bonchev–Trinajstić information content (AvgIpc) is 2.99. The van der Waals surface area contributed by atoms with Crippen LogP contribution in [0.3, 0.4) is 0 Å². The SMILES string of the molecule is COC(=O)c1ccc(C2NC(=O)c3oc4ccc(F)cc4c(=O)c32)cc1. The van der Waals surface area contributed by atoms with E-state index in [1.807, 2.05) is 0 Å². The van der Waals surface area contributed by atoms with Crippen LogP contribution in [-0.4, -0.2) is 19.0 Å². The van der Waals surface area contributed by atoms with Crippen molar-refractivity contribution in [3.8, 4) is 0 Å². The highest BCUT2D eigenvalue weighted by Crippen LogP contribution is 2.31. The molecule has 0 saturated carbocycles. The smallest absolute Gasteiger partial charge is 0.337 e. The molecule has 2 aromatic carbocycles. The fourth-order valence-corrected chi connectivity index (χ4v) is 3.06. The number of ether oxygens (including phenoxy) is 1. The molecule has 130 valence electrons. The molecule has 0 fully saturated rings. The molecule has 1 atom stereocenters. The molecule has 26 heavy (non-hydrogen) atoms. The minimum absolute atomic E-state index is 0.0661. The van der Waals surface area contributed by atoms with E-state index in [-0.39, 0.29) is 22.3 Å². The first-order valence-electron chi connectivity index (χ1n) is 7.75. The summed E-state index contributed by atoms with van der Waals surface area (Å²) in [6, 6.07) is 9.12. The minimum atomic E-state index is -0.742. The number of rotatable bonds is 2. The Balaban J connectivity index is 1.86. The molecule has 0 radical (unpaired) electrons. The number of benzene rings is 2. The quantitative estimate of drug-likeness (QED) is 0.716. The molecule has 0 aliphatic carbocycles. The van der Waals surface area contributed by atoms with Crippen molar-refractivity contribution in [3.63, 3.8) is 0 Å². The maximum Gasteiger partial charge on any atom is 0.337 e. The third kappa shape index (κ3) is 2.36. The normalized spacial score (nSPS) is 15.6. The average molecular weight is 353 g/mol. The molecule has 1 N–H and O–H groups in total. The van der Waals surface area contributed by atoms with Gasteiger partial charge in [0.15, 0.2) is 5.43 Å². The van der Waals surface area contributed by atoms with Crippen LogP contribution in [0.4, 0.5) is 4.39 Å². The van der Waals surface area contributed by atoms with Crippen LogP contribution in [-0.2, 0) is 4.74 Å². The second-order valence-corrected chi connectivity index (χ2v) is 5.83. The predicted molar refractivity (Wildman–Crippen MR) is 89.5 cm³/mol. The molecule has 4 rings (SSSR count). The summed E-state index contributed by atoms with van der Waals surface area (Å²) in [5, 5.41) is 2.75. The van der Waals surface area contributed by atoms with Crippen LogP contribution in [0, 0.1) is 5.82 Å². The number of halogens is 1. The highest BCUT2D eigenvalue weighted by atomic mass is 19.1. The van der Waals surface area contributed by atoms with Crippen LogP contribution in [0.25, 0.3) is 11.0 Å². The highest BCUT2D eigenvalue weighted by Gasteiger charge is 2.36. The van der Waals surface area contributed by atoms with Crippen molar-refractivity contribution in [3.05, 3.63) is 81.0 Å². The number of carbonyl (C=O) groups is 2. The van der Waals surface area contributed by atoms with Gasteiger partial charge in [-0.05, 0) is 35.9 Å². The Morgan fingerprint density at radius 3 is 2.58 bits per heavy atom. The van der Waals surface area contributed by atoms with Crippen molar-refractivity contribution in [2.24, 2.45) is 0 Å². The van der Waals surface area contributed by atoms with Crippen LogP contribution < -0.4 is 10.7 Å². The van der Waals surface area contributed by atoms with E-state index >= 15 is 0 Å². The maximum absolute atomic E-state index is 13.5. The lowest BCUT2D eigenvalue weighted by Crippen LogP contribution is -2.22. The lowest BCUT2D eigenvalue weighted by Gasteiger charge is -2.12. The summed E-state index contributed by atoms with van der Waals surface area (Å²) in [5.74, 6) is -1.67. The lowest BCUT2D eigenvalue weighted by atomic mass is 9.98. The molecule has 1 aromatic heterocycles. The van der Waals surface area contributed by atoms with Crippen LogP contribution in [0.1, 0.15) is 38.1 Å². The summed E-state index contributed by atoms with van der Waals surface area (Å²) >= 11 is 0. The molecule has 0 bridgehead atoms. The first-order chi connectivity index (χ1) is 12.5. The van der Waals surface area contributed by atoms with Gasteiger partial charge in [-0.15, -0.1) is 0 Å². The van der Waals surface area contributed by atoms with Gasteiger partial charge in [0.2, 0.25) is 5.76 Å². The van der Waals surface area contributed by atoms with E-state index in [0.29, 0.717) is 11.1 Å². The van der Waals surface area contributed by atoms with Gasteiger partial charge in [-0.1, -0.05) is 12.1 Å². The van der Waals surface area contributed by atoms with Crippen LogP contribution in [0.2, 0.25) is 0 Å². The topological polar surface area (TPSA) is 85.6 Å². The highest BCUT2D eigenvalue weighted by molar-refractivity contribution is 5.99. The lowest BCUT2D eigenvalue weighted by molar-refractivity contribution is 0.0600. The first kappa shape index (κ1) is 16.0. The fourth-order valence-electron chi connectivity index (χ4n) is 3.06. The number of carbonyl (C=O) groups excluding carboxylic acids is 2. The zero-order chi connectivity index (χ0) is 18.4. The molecule has 7 heteroatoms. The van der Waals surface area contributed by atoms with E-state index < -0.39 is 29.2 Å². The molecule has 0 spiro atoms.